The fraction of sp³-hybridized carbons (Fsp3) is 0.652. The number of aliphatic hydroxyl groups is 1. The van der Waals surface area contributed by atoms with Crippen molar-refractivity contribution in [2.75, 3.05) is 20.6 Å². The van der Waals surface area contributed by atoms with Crippen LogP contribution in [0.3, 0.4) is 0 Å². The number of allylic oxidation sites excluding steroid dienone is 2. The summed E-state index contributed by atoms with van der Waals surface area (Å²) < 4.78 is 0. The molecule has 2 aliphatic heterocycles. The predicted molar refractivity (Wildman–Crippen MR) is 123 cm³/mol. The Morgan fingerprint density at radius 1 is 1.43 bits per heavy atom. The standard InChI is InChI=1S/C23H35ClN4O2/c1-7-9-10-17-14-27(5)22(29)20(12-18(17)11-15(3)24)16(4)26-21-23(30)28(6)19(8-2)13-25-21/h2,12-13,15-18,23,30H,7,9-11,14H2,1,3-6H3,(H,25,26)/t15?,16-,17?,18?,23?/m0/s1. The minimum absolute atomic E-state index is 0.0171. The third-order valence-corrected chi connectivity index (χ3v) is 6.08. The first-order chi connectivity index (χ1) is 14.2. The zero-order valence-electron chi connectivity index (χ0n) is 18.7. The number of aliphatic imine (C=N–C) groups is 1. The SMILES string of the molecule is C#CC1=CNC(=N[C@@H](C)C2=CC(CC(C)Cl)C(CCCC)CN(C)C2=O)C(O)N1C. The summed E-state index contributed by atoms with van der Waals surface area (Å²) in [6, 6.07) is -0.413. The maximum absolute atomic E-state index is 13.1. The van der Waals surface area contributed by atoms with E-state index < -0.39 is 12.3 Å². The molecule has 30 heavy (non-hydrogen) atoms. The average molecular weight is 435 g/mol. The summed E-state index contributed by atoms with van der Waals surface area (Å²) in [6.07, 6.45) is 12.3. The van der Waals surface area contributed by atoms with Crippen LogP contribution in [0.5, 0.6) is 0 Å². The number of amides is 1. The molecule has 0 saturated carbocycles. The van der Waals surface area contributed by atoms with Gasteiger partial charge in [-0.05, 0) is 38.5 Å². The zero-order valence-corrected chi connectivity index (χ0v) is 19.5. The van der Waals surface area contributed by atoms with Crippen molar-refractivity contribution in [3.63, 3.8) is 0 Å². The number of unbranched alkanes of at least 4 members (excludes halogenated alkanes) is 1. The van der Waals surface area contributed by atoms with E-state index >= 15 is 0 Å². The van der Waals surface area contributed by atoms with Gasteiger partial charge in [-0.2, -0.15) is 0 Å². The quantitative estimate of drug-likeness (QED) is 0.477. The molecule has 2 aliphatic rings. The molecule has 2 rings (SSSR count). The number of hydrogen-bond donors (Lipinski definition) is 2. The highest BCUT2D eigenvalue weighted by Gasteiger charge is 2.33. The minimum atomic E-state index is -0.987. The highest BCUT2D eigenvalue weighted by atomic mass is 35.5. The van der Waals surface area contributed by atoms with Crippen molar-refractivity contribution in [3.05, 3.63) is 23.5 Å². The van der Waals surface area contributed by atoms with E-state index in [0.29, 0.717) is 29.6 Å². The second-order valence-corrected chi connectivity index (χ2v) is 9.13. The first-order valence-corrected chi connectivity index (χ1v) is 11.2. The third-order valence-electron chi connectivity index (χ3n) is 5.91. The normalized spacial score (nSPS) is 28.3. The Morgan fingerprint density at radius 2 is 2.13 bits per heavy atom. The Hall–Kier alpha value is -1.97. The Balaban J connectivity index is 2.35. The van der Waals surface area contributed by atoms with Gasteiger partial charge in [-0.25, -0.2) is 0 Å². The number of nitrogens with zero attached hydrogens (tertiary/aromatic N) is 3. The Bertz CT molecular complexity index is 753. The maximum Gasteiger partial charge on any atom is 0.251 e. The van der Waals surface area contributed by atoms with Crippen LogP contribution in [-0.2, 0) is 4.79 Å². The van der Waals surface area contributed by atoms with E-state index in [-0.39, 0.29) is 17.2 Å². The molecule has 4 unspecified atom stereocenters. The summed E-state index contributed by atoms with van der Waals surface area (Å²) in [6.45, 7) is 6.78. The van der Waals surface area contributed by atoms with Crippen molar-refractivity contribution < 1.29 is 9.90 Å². The van der Waals surface area contributed by atoms with Crippen molar-refractivity contribution in [1.82, 2.24) is 15.1 Å². The molecule has 7 heteroatoms. The average Bonchev–Trinajstić information content (AvgIpc) is 2.81. The molecule has 6 nitrogen and oxygen atoms in total. The number of nitrogens with one attached hydrogen (secondary N) is 1. The highest BCUT2D eigenvalue weighted by Crippen LogP contribution is 2.32. The highest BCUT2D eigenvalue weighted by molar-refractivity contribution is 6.20. The number of amidine groups is 1. The number of hydrogen-bond acceptors (Lipinski definition) is 4. The van der Waals surface area contributed by atoms with Gasteiger partial charge < -0.3 is 20.2 Å². The summed E-state index contributed by atoms with van der Waals surface area (Å²) in [4.78, 5) is 21.2. The lowest BCUT2D eigenvalue weighted by Gasteiger charge is -2.31. The number of rotatable bonds is 7. The van der Waals surface area contributed by atoms with Gasteiger partial charge in [0.25, 0.3) is 5.91 Å². The van der Waals surface area contributed by atoms with E-state index in [2.05, 4.69) is 29.2 Å². The van der Waals surface area contributed by atoms with Gasteiger partial charge in [-0.1, -0.05) is 31.8 Å². The molecule has 0 aromatic rings. The summed E-state index contributed by atoms with van der Waals surface area (Å²) in [5.41, 5.74) is 1.18. The van der Waals surface area contributed by atoms with Crippen LogP contribution < -0.4 is 5.32 Å². The van der Waals surface area contributed by atoms with Gasteiger partial charge in [-0.3, -0.25) is 9.79 Å². The lowest BCUT2D eigenvalue weighted by molar-refractivity contribution is -0.126. The van der Waals surface area contributed by atoms with Gasteiger partial charge in [0.1, 0.15) is 5.70 Å². The topological polar surface area (TPSA) is 68.2 Å². The lowest BCUT2D eigenvalue weighted by atomic mass is 9.83. The fourth-order valence-electron chi connectivity index (χ4n) is 4.11. The van der Waals surface area contributed by atoms with Crippen molar-refractivity contribution in [2.45, 2.75) is 64.1 Å². The Morgan fingerprint density at radius 3 is 2.73 bits per heavy atom. The van der Waals surface area contributed by atoms with Crippen LogP contribution in [0, 0.1) is 24.2 Å². The number of aliphatic hydroxyl groups excluding tert-OH is 1. The first-order valence-electron chi connectivity index (χ1n) is 10.7. The van der Waals surface area contributed by atoms with E-state index in [1.54, 1.807) is 23.0 Å². The van der Waals surface area contributed by atoms with Crippen LogP contribution in [0.15, 0.2) is 28.5 Å². The number of likely N-dealkylation sites (N-methyl/N-ethyl adjacent to an activating group) is 2. The van der Waals surface area contributed by atoms with Gasteiger partial charge >= 0.3 is 0 Å². The molecule has 0 radical (unpaired) electrons. The van der Waals surface area contributed by atoms with E-state index in [1.807, 2.05) is 20.9 Å². The van der Waals surface area contributed by atoms with Crippen molar-refractivity contribution >= 4 is 23.3 Å². The van der Waals surface area contributed by atoms with Gasteiger partial charge in [0, 0.05) is 37.8 Å². The van der Waals surface area contributed by atoms with Crippen LogP contribution in [0.1, 0.15) is 46.5 Å². The van der Waals surface area contributed by atoms with Gasteiger partial charge in [0.2, 0.25) is 0 Å². The summed E-state index contributed by atoms with van der Waals surface area (Å²) >= 11 is 6.36. The van der Waals surface area contributed by atoms with E-state index in [1.165, 1.54) is 0 Å². The molecule has 1 amide bonds. The molecule has 0 aromatic carbocycles. The molecule has 0 aliphatic carbocycles. The fourth-order valence-corrected chi connectivity index (χ4v) is 4.32. The molecular weight excluding hydrogens is 400 g/mol. The smallest absolute Gasteiger partial charge is 0.251 e. The molecule has 0 aromatic heterocycles. The van der Waals surface area contributed by atoms with E-state index in [0.717, 1.165) is 25.7 Å². The van der Waals surface area contributed by atoms with Crippen LogP contribution in [0.4, 0.5) is 0 Å². The summed E-state index contributed by atoms with van der Waals surface area (Å²) in [5, 5.41) is 13.5. The second-order valence-electron chi connectivity index (χ2n) is 8.38. The third kappa shape index (κ3) is 5.80. The lowest BCUT2D eigenvalue weighted by Crippen LogP contribution is -2.48. The zero-order chi connectivity index (χ0) is 22.4. The summed E-state index contributed by atoms with van der Waals surface area (Å²) in [5.74, 6) is 3.46. The molecular formula is C23H35ClN4O2. The number of terminal acetylenes is 1. The maximum atomic E-state index is 13.1. The second kappa shape index (κ2) is 10.9. The monoisotopic (exact) mass is 434 g/mol. The number of carbonyl (C=O) groups excluding carboxylic acids is 1. The van der Waals surface area contributed by atoms with Crippen LogP contribution in [0.2, 0.25) is 0 Å². The minimum Gasteiger partial charge on any atom is -0.367 e. The van der Waals surface area contributed by atoms with Gasteiger partial charge in [0.15, 0.2) is 12.1 Å². The predicted octanol–water partition coefficient (Wildman–Crippen LogP) is 2.94. The summed E-state index contributed by atoms with van der Waals surface area (Å²) in [7, 11) is 3.56. The van der Waals surface area contributed by atoms with Crippen molar-refractivity contribution in [1.29, 1.82) is 0 Å². The molecule has 2 N–H and O–H groups in total. The van der Waals surface area contributed by atoms with Crippen molar-refractivity contribution in [2.24, 2.45) is 16.8 Å². The Kier molecular flexibility index (Phi) is 8.81. The first kappa shape index (κ1) is 24.3. The van der Waals surface area contributed by atoms with E-state index in [9.17, 15) is 9.90 Å². The van der Waals surface area contributed by atoms with Gasteiger partial charge in [0.05, 0.1) is 6.04 Å². The molecule has 0 bridgehead atoms. The van der Waals surface area contributed by atoms with Crippen molar-refractivity contribution in [3.8, 4) is 12.3 Å². The Labute approximate surface area is 186 Å². The number of carbonyl (C=O) groups is 1. The molecule has 0 fully saturated rings. The van der Waals surface area contributed by atoms with Gasteiger partial charge in [-0.15, -0.1) is 18.0 Å². The number of alkyl halides is 1. The molecule has 5 atom stereocenters. The number of halogens is 1. The molecule has 0 saturated heterocycles. The van der Waals surface area contributed by atoms with Crippen LogP contribution in [-0.4, -0.2) is 64.9 Å². The van der Waals surface area contributed by atoms with Crippen LogP contribution >= 0.6 is 11.6 Å². The van der Waals surface area contributed by atoms with E-state index in [4.69, 9.17) is 18.0 Å². The molecule has 2 heterocycles. The van der Waals surface area contributed by atoms with Crippen LogP contribution in [0.25, 0.3) is 0 Å². The largest absolute Gasteiger partial charge is 0.367 e. The molecule has 166 valence electrons. The molecule has 0 spiro atoms.